The maximum absolute atomic E-state index is 11.4. The molecule has 0 aliphatic carbocycles. The van der Waals surface area contributed by atoms with E-state index in [0.29, 0.717) is 12.3 Å². The van der Waals surface area contributed by atoms with Crippen LogP contribution in [0.5, 0.6) is 0 Å². The molecule has 1 aromatic heterocycles. The Morgan fingerprint density at radius 1 is 1.67 bits per heavy atom. The number of hydrogen-bond acceptors (Lipinski definition) is 4. The Morgan fingerprint density at radius 3 is 2.87 bits per heavy atom. The zero-order valence-corrected chi connectivity index (χ0v) is 9.82. The standard InChI is InChI=1S/C10H11BrN2O2/c1-2-15-10(14)8(5-12)9-4-3-7(11)6-13-9/h3-6H,2,12H2,1H3. The van der Waals surface area contributed by atoms with Crippen LogP contribution < -0.4 is 5.73 Å². The van der Waals surface area contributed by atoms with Crippen molar-refractivity contribution in [1.82, 2.24) is 4.98 Å². The van der Waals surface area contributed by atoms with Crippen LogP contribution in [0.1, 0.15) is 12.6 Å². The first-order valence-corrected chi connectivity index (χ1v) is 5.19. The van der Waals surface area contributed by atoms with E-state index in [9.17, 15) is 4.79 Å². The van der Waals surface area contributed by atoms with Crippen molar-refractivity contribution in [2.75, 3.05) is 6.61 Å². The lowest BCUT2D eigenvalue weighted by molar-refractivity contribution is -0.136. The molecular formula is C10H11BrN2O2. The van der Waals surface area contributed by atoms with Crippen molar-refractivity contribution >= 4 is 27.5 Å². The van der Waals surface area contributed by atoms with Gasteiger partial charge in [-0.2, -0.15) is 0 Å². The summed E-state index contributed by atoms with van der Waals surface area (Å²) < 4.78 is 5.68. The number of rotatable bonds is 3. The van der Waals surface area contributed by atoms with Gasteiger partial charge in [-0.3, -0.25) is 4.98 Å². The SMILES string of the molecule is CCOC(=O)C(=CN)c1ccc(Br)cn1. The molecule has 5 heteroatoms. The maximum Gasteiger partial charge on any atom is 0.341 e. The van der Waals surface area contributed by atoms with E-state index < -0.39 is 5.97 Å². The molecular weight excluding hydrogens is 260 g/mol. The molecule has 0 unspecified atom stereocenters. The lowest BCUT2D eigenvalue weighted by Gasteiger charge is -2.05. The molecule has 0 saturated heterocycles. The first-order chi connectivity index (χ1) is 7.19. The minimum atomic E-state index is -0.463. The lowest BCUT2D eigenvalue weighted by Crippen LogP contribution is -2.09. The summed E-state index contributed by atoms with van der Waals surface area (Å²) in [6.07, 6.45) is 2.80. The molecule has 1 rings (SSSR count). The molecule has 0 bridgehead atoms. The maximum atomic E-state index is 11.4. The number of ether oxygens (including phenoxy) is 1. The molecule has 0 atom stereocenters. The third kappa shape index (κ3) is 3.06. The summed E-state index contributed by atoms with van der Waals surface area (Å²) in [6.45, 7) is 2.05. The molecule has 0 amide bonds. The fraction of sp³-hybridized carbons (Fsp3) is 0.200. The Hall–Kier alpha value is -1.36. The number of esters is 1. The van der Waals surface area contributed by atoms with Crippen LogP contribution in [0.4, 0.5) is 0 Å². The summed E-state index contributed by atoms with van der Waals surface area (Å²) in [5.74, 6) is -0.463. The minimum absolute atomic E-state index is 0.268. The van der Waals surface area contributed by atoms with Gasteiger partial charge in [0.05, 0.1) is 12.3 Å². The number of carbonyl (C=O) groups excluding carboxylic acids is 1. The third-order valence-corrected chi connectivity index (χ3v) is 2.13. The number of aromatic nitrogens is 1. The summed E-state index contributed by atoms with van der Waals surface area (Å²) in [6, 6.07) is 3.48. The highest BCUT2D eigenvalue weighted by atomic mass is 79.9. The molecule has 0 aromatic carbocycles. The highest BCUT2D eigenvalue weighted by molar-refractivity contribution is 9.10. The van der Waals surface area contributed by atoms with Gasteiger partial charge < -0.3 is 10.5 Å². The zero-order chi connectivity index (χ0) is 11.3. The number of nitrogens with zero attached hydrogens (tertiary/aromatic N) is 1. The van der Waals surface area contributed by atoms with Gasteiger partial charge in [-0.05, 0) is 35.0 Å². The zero-order valence-electron chi connectivity index (χ0n) is 8.24. The Bertz CT molecular complexity index is 374. The number of nitrogens with two attached hydrogens (primary N) is 1. The molecule has 0 saturated carbocycles. The molecule has 80 valence electrons. The van der Waals surface area contributed by atoms with Crippen molar-refractivity contribution in [3.63, 3.8) is 0 Å². The molecule has 1 aromatic rings. The van der Waals surface area contributed by atoms with Crippen LogP contribution in [0.3, 0.4) is 0 Å². The fourth-order valence-corrected chi connectivity index (χ4v) is 1.24. The summed E-state index contributed by atoms with van der Waals surface area (Å²) in [5, 5.41) is 0. The second kappa shape index (κ2) is 5.50. The van der Waals surface area contributed by atoms with E-state index in [4.69, 9.17) is 10.5 Å². The summed E-state index contributed by atoms with van der Waals surface area (Å²) in [7, 11) is 0. The lowest BCUT2D eigenvalue weighted by atomic mass is 10.2. The Labute approximate surface area is 96.3 Å². The third-order valence-electron chi connectivity index (χ3n) is 1.67. The number of hydrogen-bond donors (Lipinski definition) is 1. The molecule has 0 aliphatic heterocycles. The van der Waals surface area contributed by atoms with E-state index in [-0.39, 0.29) is 5.57 Å². The van der Waals surface area contributed by atoms with Crippen molar-refractivity contribution in [1.29, 1.82) is 0 Å². The van der Waals surface area contributed by atoms with E-state index in [1.54, 1.807) is 25.3 Å². The van der Waals surface area contributed by atoms with Crippen LogP contribution in [-0.2, 0) is 9.53 Å². The Balaban J connectivity index is 2.94. The molecule has 15 heavy (non-hydrogen) atoms. The molecule has 0 fully saturated rings. The first-order valence-electron chi connectivity index (χ1n) is 4.40. The Kier molecular flexibility index (Phi) is 4.30. The van der Waals surface area contributed by atoms with Crippen LogP contribution in [-0.4, -0.2) is 17.6 Å². The highest BCUT2D eigenvalue weighted by Crippen LogP contribution is 2.15. The van der Waals surface area contributed by atoms with Crippen molar-refractivity contribution in [2.24, 2.45) is 5.73 Å². The van der Waals surface area contributed by atoms with E-state index in [1.165, 1.54) is 6.20 Å². The molecule has 0 spiro atoms. The van der Waals surface area contributed by atoms with Crippen LogP contribution in [0, 0.1) is 0 Å². The fourth-order valence-electron chi connectivity index (χ4n) is 1.00. The van der Waals surface area contributed by atoms with Crippen molar-refractivity contribution in [3.05, 3.63) is 34.7 Å². The van der Waals surface area contributed by atoms with Gasteiger partial charge in [0.1, 0.15) is 5.57 Å². The van der Waals surface area contributed by atoms with Crippen molar-refractivity contribution in [3.8, 4) is 0 Å². The van der Waals surface area contributed by atoms with Gasteiger partial charge in [0.15, 0.2) is 0 Å². The van der Waals surface area contributed by atoms with Gasteiger partial charge in [0.2, 0.25) is 0 Å². The second-order valence-corrected chi connectivity index (χ2v) is 3.58. The van der Waals surface area contributed by atoms with Crippen LogP contribution in [0.15, 0.2) is 29.0 Å². The van der Waals surface area contributed by atoms with Gasteiger partial charge in [-0.1, -0.05) is 0 Å². The molecule has 4 nitrogen and oxygen atoms in total. The summed E-state index contributed by atoms with van der Waals surface area (Å²) >= 11 is 3.25. The van der Waals surface area contributed by atoms with Crippen LogP contribution in [0.2, 0.25) is 0 Å². The van der Waals surface area contributed by atoms with Gasteiger partial charge in [0.25, 0.3) is 0 Å². The number of halogens is 1. The second-order valence-electron chi connectivity index (χ2n) is 2.66. The minimum Gasteiger partial charge on any atom is -0.462 e. The Morgan fingerprint density at radius 2 is 2.40 bits per heavy atom. The van der Waals surface area contributed by atoms with E-state index >= 15 is 0 Å². The van der Waals surface area contributed by atoms with E-state index in [0.717, 1.165) is 4.47 Å². The van der Waals surface area contributed by atoms with Crippen LogP contribution in [0.25, 0.3) is 5.57 Å². The normalized spacial score (nSPS) is 11.2. The molecule has 0 radical (unpaired) electrons. The molecule has 0 aliphatic rings. The summed E-state index contributed by atoms with van der Waals surface area (Å²) in [4.78, 5) is 15.5. The van der Waals surface area contributed by atoms with Gasteiger partial charge >= 0.3 is 5.97 Å². The van der Waals surface area contributed by atoms with E-state index in [1.807, 2.05) is 0 Å². The number of pyridine rings is 1. The smallest absolute Gasteiger partial charge is 0.341 e. The average Bonchev–Trinajstić information content (AvgIpc) is 2.22. The average molecular weight is 271 g/mol. The predicted octanol–water partition coefficient (Wildman–Crippen LogP) is 1.71. The van der Waals surface area contributed by atoms with Crippen molar-refractivity contribution < 1.29 is 9.53 Å². The molecule has 1 heterocycles. The van der Waals surface area contributed by atoms with Gasteiger partial charge in [-0.25, -0.2) is 4.79 Å². The summed E-state index contributed by atoms with van der Waals surface area (Å²) in [5.41, 5.74) is 6.13. The highest BCUT2D eigenvalue weighted by Gasteiger charge is 2.13. The largest absolute Gasteiger partial charge is 0.462 e. The van der Waals surface area contributed by atoms with Gasteiger partial charge in [-0.15, -0.1) is 0 Å². The monoisotopic (exact) mass is 270 g/mol. The number of carbonyl (C=O) groups is 1. The van der Waals surface area contributed by atoms with E-state index in [2.05, 4.69) is 20.9 Å². The topological polar surface area (TPSA) is 65.2 Å². The predicted molar refractivity (Wildman–Crippen MR) is 60.7 cm³/mol. The van der Waals surface area contributed by atoms with Gasteiger partial charge in [0, 0.05) is 16.9 Å². The van der Waals surface area contributed by atoms with Crippen molar-refractivity contribution in [2.45, 2.75) is 6.92 Å². The van der Waals surface area contributed by atoms with Crippen LogP contribution >= 0.6 is 15.9 Å². The molecule has 2 N–H and O–H groups in total. The first kappa shape index (κ1) is 11.7. The quantitative estimate of drug-likeness (QED) is 0.671.